The molecular formula is C26H25FN8O. The largest absolute Gasteiger partial charge is 0.322 e. The minimum Gasteiger partial charge on any atom is -0.322 e. The molecule has 1 aliphatic carbocycles. The van der Waals surface area contributed by atoms with Crippen LogP contribution in [-0.2, 0) is 18.4 Å². The fourth-order valence-corrected chi connectivity index (χ4v) is 4.63. The molecule has 9 nitrogen and oxygen atoms in total. The standard InChI is InChI=1S/C26H25FN8O/c1-26(2,14-28)22-11-18(6-8-30-22)34-23-19(24(36)35(34)17-3-4-17)13-31-25(33-23)32-21-10-15-5-7-29-12-16(15)9-20(21)27/h6,8-11,13,17,29H,3-5,7,12H2,1-2H3,(H,31,32,33). The van der Waals surface area contributed by atoms with Crippen LogP contribution in [0.4, 0.5) is 16.0 Å². The summed E-state index contributed by atoms with van der Waals surface area (Å²) >= 11 is 0. The van der Waals surface area contributed by atoms with Gasteiger partial charge in [0.15, 0.2) is 5.65 Å². The van der Waals surface area contributed by atoms with Crippen LogP contribution in [0.3, 0.4) is 0 Å². The first-order valence-corrected chi connectivity index (χ1v) is 12.0. The van der Waals surface area contributed by atoms with Crippen molar-refractivity contribution in [3.8, 4) is 11.8 Å². The van der Waals surface area contributed by atoms with Gasteiger partial charge in [-0.1, -0.05) is 0 Å². The van der Waals surface area contributed by atoms with Gasteiger partial charge >= 0.3 is 0 Å². The van der Waals surface area contributed by atoms with E-state index in [-0.39, 0.29) is 23.4 Å². The molecule has 1 aliphatic heterocycles. The first-order valence-electron chi connectivity index (χ1n) is 12.0. The van der Waals surface area contributed by atoms with E-state index < -0.39 is 5.41 Å². The molecular weight excluding hydrogens is 459 g/mol. The average molecular weight is 485 g/mol. The first kappa shape index (κ1) is 22.4. The number of aromatic nitrogens is 5. The molecule has 0 unspecified atom stereocenters. The number of halogens is 1. The van der Waals surface area contributed by atoms with Gasteiger partial charge in [-0.05, 0) is 75.0 Å². The second kappa shape index (κ2) is 8.24. The Morgan fingerprint density at radius 2 is 2.06 bits per heavy atom. The van der Waals surface area contributed by atoms with Crippen LogP contribution in [-0.4, -0.2) is 30.9 Å². The quantitative estimate of drug-likeness (QED) is 0.445. The molecule has 0 bridgehead atoms. The molecule has 4 heterocycles. The molecule has 1 aromatic carbocycles. The Morgan fingerprint density at radius 1 is 1.22 bits per heavy atom. The highest BCUT2D eigenvalue weighted by Crippen LogP contribution is 2.36. The van der Waals surface area contributed by atoms with Crippen molar-refractivity contribution >= 4 is 22.7 Å². The van der Waals surface area contributed by atoms with Crippen molar-refractivity contribution in [1.82, 2.24) is 29.6 Å². The van der Waals surface area contributed by atoms with Crippen LogP contribution in [0.2, 0.25) is 0 Å². The lowest BCUT2D eigenvalue weighted by atomic mass is 9.91. The molecule has 1 fully saturated rings. The molecule has 2 aliphatic rings. The van der Waals surface area contributed by atoms with E-state index in [4.69, 9.17) is 0 Å². The van der Waals surface area contributed by atoms with Gasteiger partial charge in [-0.25, -0.2) is 18.7 Å². The van der Waals surface area contributed by atoms with Crippen molar-refractivity contribution in [3.63, 3.8) is 0 Å². The minimum atomic E-state index is -0.801. The van der Waals surface area contributed by atoms with Crippen LogP contribution in [0, 0.1) is 17.1 Å². The number of anilines is 2. The number of hydrogen-bond donors (Lipinski definition) is 2. The summed E-state index contributed by atoms with van der Waals surface area (Å²) in [4.78, 5) is 26.7. The van der Waals surface area contributed by atoms with E-state index in [0.29, 0.717) is 34.6 Å². The Bertz CT molecular complexity index is 1610. The SMILES string of the molecule is CC(C)(C#N)c1cc(-n2c3nc(Nc4cc5c(cc4F)CNCC5)ncc3c(=O)n2C2CC2)ccn1. The third-order valence-corrected chi connectivity index (χ3v) is 6.85. The second-order valence-electron chi connectivity index (χ2n) is 9.91. The van der Waals surface area contributed by atoms with E-state index in [1.807, 2.05) is 6.07 Å². The zero-order chi connectivity index (χ0) is 25.0. The van der Waals surface area contributed by atoms with Crippen molar-refractivity contribution in [2.45, 2.75) is 51.1 Å². The molecule has 0 radical (unpaired) electrons. The Balaban J connectivity index is 1.48. The molecule has 4 aromatic rings. The molecule has 2 N–H and O–H groups in total. The van der Waals surface area contributed by atoms with Crippen LogP contribution in [0.15, 0.2) is 41.5 Å². The minimum absolute atomic E-state index is 0.0652. The van der Waals surface area contributed by atoms with Gasteiger partial charge in [-0.3, -0.25) is 9.78 Å². The summed E-state index contributed by atoms with van der Waals surface area (Å²) in [6, 6.07) is 9.29. The van der Waals surface area contributed by atoms with Crippen LogP contribution >= 0.6 is 0 Å². The van der Waals surface area contributed by atoms with Gasteiger partial charge in [-0.2, -0.15) is 10.2 Å². The summed E-state index contributed by atoms with van der Waals surface area (Å²) in [6.07, 6.45) is 5.73. The highest BCUT2D eigenvalue weighted by Gasteiger charge is 2.31. The summed E-state index contributed by atoms with van der Waals surface area (Å²) < 4.78 is 18.3. The van der Waals surface area contributed by atoms with Crippen molar-refractivity contribution in [2.75, 3.05) is 11.9 Å². The van der Waals surface area contributed by atoms with Gasteiger partial charge in [0, 0.05) is 18.9 Å². The van der Waals surface area contributed by atoms with Gasteiger partial charge in [0.2, 0.25) is 5.95 Å². The molecule has 0 spiro atoms. The van der Waals surface area contributed by atoms with E-state index in [2.05, 4.69) is 31.7 Å². The van der Waals surface area contributed by atoms with Crippen molar-refractivity contribution in [1.29, 1.82) is 5.26 Å². The van der Waals surface area contributed by atoms with Gasteiger partial charge < -0.3 is 10.6 Å². The highest BCUT2D eigenvalue weighted by molar-refractivity contribution is 5.77. The topological polar surface area (TPSA) is 113 Å². The maximum Gasteiger partial charge on any atom is 0.278 e. The summed E-state index contributed by atoms with van der Waals surface area (Å²) in [5.41, 5.74) is 3.04. The van der Waals surface area contributed by atoms with Gasteiger partial charge in [0.05, 0.1) is 34.6 Å². The lowest BCUT2D eigenvalue weighted by Crippen LogP contribution is -2.23. The highest BCUT2D eigenvalue weighted by atomic mass is 19.1. The molecule has 3 aromatic heterocycles. The summed E-state index contributed by atoms with van der Waals surface area (Å²) in [5, 5.41) is 16.2. The predicted molar refractivity (Wildman–Crippen MR) is 133 cm³/mol. The normalized spacial score (nSPS) is 15.5. The predicted octanol–water partition coefficient (Wildman–Crippen LogP) is 3.64. The van der Waals surface area contributed by atoms with Crippen LogP contribution < -0.4 is 16.2 Å². The lowest BCUT2D eigenvalue weighted by molar-refractivity contribution is 0.558. The van der Waals surface area contributed by atoms with Gasteiger partial charge in [-0.15, -0.1) is 0 Å². The number of nitrogens with zero attached hydrogens (tertiary/aromatic N) is 6. The van der Waals surface area contributed by atoms with Crippen LogP contribution in [0.25, 0.3) is 16.7 Å². The fraction of sp³-hybridized carbons (Fsp3) is 0.346. The third-order valence-electron chi connectivity index (χ3n) is 6.85. The number of nitrogens with one attached hydrogen (secondary N) is 2. The van der Waals surface area contributed by atoms with Gasteiger partial charge in [0.1, 0.15) is 11.2 Å². The van der Waals surface area contributed by atoms with E-state index in [1.54, 1.807) is 41.5 Å². The van der Waals surface area contributed by atoms with E-state index in [1.165, 1.54) is 12.3 Å². The molecule has 10 heteroatoms. The number of hydrogen-bond acceptors (Lipinski definition) is 7. The zero-order valence-corrected chi connectivity index (χ0v) is 20.0. The number of nitriles is 1. The Morgan fingerprint density at radius 3 is 2.83 bits per heavy atom. The first-order chi connectivity index (χ1) is 17.4. The number of rotatable bonds is 5. The Kier molecular flexibility index (Phi) is 5.12. The number of fused-ring (bicyclic) bond motifs is 2. The third kappa shape index (κ3) is 3.72. The van der Waals surface area contributed by atoms with Crippen molar-refractivity contribution in [3.05, 3.63) is 69.7 Å². The molecule has 6 rings (SSSR count). The lowest BCUT2D eigenvalue weighted by Gasteiger charge is -2.19. The molecule has 36 heavy (non-hydrogen) atoms. The van der Waals surface area contributed by atoms with E-state index in [9.17, 15) is 14.4 Å². The van der Waals surface area contributed by atoms with E-state index >= 15 is 0 Å². The Labute approximate surface area is 206 Å². The van der Waals surface area contributed by atoms with Crippen LogP contribution in [0.1, 0.15) is 49.6 Å². The number of pyridine rings is 1. The molecule has 1 saturated carbocycles. The molecule has 0 atom stereocenters. The van der Waals surface area contributed by atoms with Gasteiger partial charge in [0.25, 0.3) is 5.56 Å². The maximum atomic E-state index is 14.9. The van der Waals surface area contributed by atoms with Crippen molar-refractivity contribution in [2.24, 2.45) is 0 Å². The van der Waals surface area contributed by atoms with E-state index in [0.717, 1.165) is 36.9 Å². The number of benzene rings is 1. The summed E-state index contributed by atoms with van der Waals surface area (Å²) in [5.74, 6) is -0.185. The average Bonchev–Trinajstić information content (AvgIpc) is 3.68. The van der Waals surface area contributed by atoms with Crippen LogP contribution in [0.5, 0.6) is 0 Å². The molecule has 0 amide bonds. The molecule has 0 saturated heterocycles. The van der Waals surface area contributed by atoms with Crippen molar-refractivity contribution < 1.29 is 4.39 Å². The second-order valence-corrected chi connectivity index (χ2v) is 9.91. The smallest absolute Gasteiger partial charge is 0.278 e. The maximum absolute atomic E-state index is 14.9. The Hall–Kier alpha value is -4.10. The monoisotopic (exact) mass is 484 g/mol. The zero-order valence-electron chi connectivity index (χ0n) is 20.0. The molecule has 182 valence electrons. The summed E-state index contributed by atoms with van der Waals surface area (Å²) in [7, 11) is 0. The summed E-state index contributed by atoms with van der Waals surface area (Å²) in [6.45, 7) is 5.09. The fourth-order valence-electron chi connectivity index (χ4n) is 4.63.